The van der Waals surface area contributed by atoms with E-state index in [4.69, 9.17) is 13.9 Å². The molecule has 2 heterocycles. The third kappa shape index (κ3) is 4.67. The number of nitrogens with zero attached hydrogens (tertiary/aromatic N) is 1. The summed E-state index contributed by atoms with van der Waals surface area (Å²) in [6, 6.07) is 18.5. The first kappa shape index (κ1) is 25.6. The van der Waals surface area contributed by atoms with E-state index in [2.05, 4.69) is 13.8 Å². The second-order valence-corrected chi connectivity index (χ2v) is 10.4. The Labute approximate surface area is 222 Å². The van der Waals surface area contributed by atoms with Crippen LogP contribution in [0, 0.1) is 19.8 Å². The lowest BCUT2D eigenvalue weighted by Crippen LogP contribution is -2.29. The second kappa shape index (κ2) is 10.4. The van der Waals surface area contributed by atoms with Crippen LogP contribution >= 0.6 is 0 Å². The van der Waals surface area contributed by atoms with Crippen molar-refractivity contribution in [2.24, 2.45) is 5.92 Å². The van der Waals surface area contributed by atoms with Crippen LogP contribution in [0.5, 0.6) is 11.5 Å². The number of amides is 1. The van der Waals surface area contributed by atoms with Crippen LogP contribution in [-0.2, 0) is 6.54 Å². The Kier molecular flexibility index (Phi) is 6.98. The Hall–Kier alpha value is -4.06. The van der Waals surface area contributed by atoms with Crippen LogP contribution in [0.15, 0.2) is 69.9 Å². The van der Waals surface area contributed by atoms with Crippen molar-refractivity contribution in [3.63, 3.8) is 0 Å². The molecular weight excluding hydrogens is 478 g/mol. The van der Waals surface area contributed by atoms with Gasteiger partial charge in [0, 0.05) is 6.54 Å². The van der Waals surface area contributed by atoms with Crippen molar-refractivity contribution in [1.29, 1.82) is 0 Å². The molecule has 0 N–H and O–H groups in total. The molecule has 0 spiro atoms. The Morgan fingerprint density at radius 1 is 0.974 bits per heavy atom. The molecule has 0 saturated heterocycles. The first-order valence-electron chi connectivity index (χ1n) is 13.0. The Morgan fingerprint density at radius 3 is 2.45 bits per heavy atom. The zero-order valence-electron chi connectivity index (χ0n) is 22.5. The molecule has 4 aromatic rings. The maximum atomic E-state index is 14.0. The van der Waals surface area contributed by atoms with Crippen LogP contribution in [0.4, 0.5) is 0 Å². The lowest BCUT2D eigenvalue weighted by atomic mass is 9.96. The summed E-state index contributed by atoms with van der Waals surface area (Å²) < 4.78 is 17.9. The highest BCUT2D eigenvalue weighted by Crippen LogP contribution is 2.42. The minimum Gasteiger partial charge on any atom is -0.493 e. The maximum Gasteiger partial charge on any atom is 0.291 e. The zero-order chi connectivity index (χ0) is 27.0. The summed E-state index contributed by atoms with van der Waals surface area (Å²) in [4.78, 5) is 29.5. The number of rotatable bonds is 8. The minimum atomic E-state index is -0.627. The van der Waals surface area contributed by atoms with Crippen molar-refractivity contribution in [3.05, 3.63) is 104 Å². The highest BCUT2D eigenvalue weighted by atomic mass is 16.5. The number of ether oxygens (including phenoxy) is 2. The third-order valence-corrected chi connectivity index (χ3v) is 7.06. The first-order chi connectivity index (χ1) is 18.3. The molecule has 1 amide bonds. The third-order valence-electron chi connectivity index (χ3n) is 7.06. The fourth-order valence-electron chi connectivity index (χ4n) is 5.18. The molecule has 1 atom stereocenters. The summed E-state index contributed by atoms with van der Waals surface area (Å²) in [5.74, 6) is 1.51. The molecule has 196 valence electrons. The number of fused-ring (bicyclic) bond motifs is 2. The Balaban J connectivity index is 1.66. The number of hydrogen-bond donors (Lipinski definition) is 0. The molecule has 6 heteroatoms. The number of benzene rings is 3. The molecule has 0 aliphatic carbocycles. The number of methoxy groups -OCH3 is 1. The first-order valence-corrected chi connectivity index (χ1v) is 13.0. The largest absolute Gasteiger partial charge is 0.493 e. The van der Waals surface area contributed by atoms with E-state index >= 15 is 0 Å². The molecule has 38 heavy (non-hydrogen) atoms. The SMILES string of the molecule is COc1cc(C2c3c(oc4cc(C)cc(C)c4c3=O)C(=O)N2Cc2ccccc2)ccc1OCCC(C)C. The molecule has 3 aromatic carbocycles. The smallest absolute Gasteiger partial charge is 0.291 e. The van der Waals surface area contributed by atoms with E-state index in [0.29, 0.717) is 47.1 Å². The van der Waals surface area contributed by atoms with Gasteiger partial charge in [0.15, 0.2) is 16.9 Å². The minimum absolute atomic E-state index is 0.102. The van der Waals surface area contributed by atoms with Crippen LogP contribution in [-0.4, -0.2) is 24.5 Å². The van der Waals surface area contributed by atoms with E-state index in [1.807, 2.05) is 74.5 Å². The summed E-state index contributed by atoms with van der Waals surface area (Å²) in [5.41, 5.74) is 4.15. The van der Waals surface area contributed by atoms with E-state index in [9.17, 15) is 9.59 Å². The normalized spacial score (nSPS) is 14.8. The van der Waals surface area contributed by atoms with Crippen molar-refractivity contribution < 1.29 is 18.7 Å². The van der Waals surface area contributed by atoms with Gasteiger partial charge in [-0.25, -0.2) is 0 Å². The lowest BCUT2D eigenvalue weighted by Gasteiger charge is -2.26. The topological polar surface area (TPSA) is 69.0 Å². The summed E-state index contributed by atoms with van der Waals surface area (Å²) in [6.45, 7) is 9.06. The van der Waals surface area contributed by atoms with Crippen LogP contribution in [0.1, 0.15) is 64.7 Å². The predicted octanol–water partition coefficient (Wildman–Crippen LogP) is 6.59. The van der Waals surface area contributed by atoms with Crippen molar-refractivity contribution in [2.75, 3.05) is 13.7 Å². The van der Waals surface area contributed by atoms with Gasteiger partial charge in [-0.2, -0.15) is 0 Å². The van der Waals surface area contributed by atoms with Crippen molar-refractivity contribution in [1.82, 2.24) is 4.90 Å². The standard InChI is InChI=1S/C32H33NO5/c1-19(2)13-14-37-24-12-11-23(17-25(24)36-5)29-28-30(34)27-21(4)15-20(3)16-26(27)38-31(28)32(35)33(29)18-22-9-7-6-8-10-22/h6-12,15-17,19,29H,13-14,18H2,1-5H3. The number of hydrogen-bond acceptors (Lipinski definition) is 5. The second-order valence-electron chi connectivity index (χ2n) is 10.4. The van der Waals surface area contributed by atoms with Gasteiger partial charge in [-0.05, 0) is 66.6 Å². The van der Waals surface area contributed by atoms with Crippen LogP contribution in [0.2, 0.25) is 0 Å². The molecule has 1 aliphatic rings. The molecule has 5 rings (SSSR count). The fraction of sp³-hybridized carbons (Fsp3) is 0.312. The highest BCUT2D eigenvalue weighted by molar-refractivity contribution is 5.99. The van der Waals surface area contributed by atoms with E-state index in [1.165, 1.54) is 0 Å². The van der Waals surface area contributed by atoms with Gasteiger partial charge in [0.25, 0.3) is 5.91 Å². The Bertz CT molecular complexity index is 1550. The molecule has 1 unspecified atom stereocenters. The van der Waals surface area contributed by atoms with E-state index < -0.39 is 6.04 Å². The summed E-state index contributed by atoms with van der Waals surface area (Å²) in [6.07, 6.45) is 0.924. The van der Waals surface area contributed by atoms with Gasteiger partial charge in [-0.3, -0.25) is 9.59 Å². The Morgan fingerprint density at radius 2 is 1.74 bits per heavy atom. The van der Waals surface area contributed by atoms with Gasteiger partial charge in [0.1, 0.15) is 5.58 Å². The average molecular weight is 512 g/mol. The lowest BCUT2D eigenvalue weighted by molar-refractivity contribution is 0.0714. The fourth-order valence-corrected chi connectivity index (χ4v) is 5.18. The van der Waals surface area contributed by atoms with Crippen molar-refractivity contribution in [2.45, 2.75) is 46.7 Å². The van der Waals surface area contributed by atoms with E-state index in [1.54, 1.807) is 12.0 Å². The molecule has 1 aromatic heterocycles. The number of carbonyl (C=O) groups excluding carboxylic acids is 1. The van der Waals surface area contributed by atoms with Crippen LogP contribution in [0.3, 0.4) is 0 Å². The molecule has 0 saturated carbocycles. The molecular formula is C32H33NO5. The van der Waals surface area contributed by atoms with Crippen LogP contribution in [0.25, 0.3) is 11.0 Å². The van der Waals surface area contributed by atoms with Gasteiger partial charge in [-0.1, -0.05) is 56.3 Å². The molecule has 0 radical (unpaired) electrons. The van der Waals surface area contributed by atoms with Gasteiger partial charge >= 0.3 is 0 Å². The quantitative estimate of drug-likeness (QED) is 0.267. The monoisotopic (exact) mass is 511 g/mol. The predicted molar refractivity (Wildman–Crippen MR) is 148 cm³/mol. The molecule has 0 fully saturated rings. The van der Waals surface area contributed by atoms with E-state index in [-0.39, 0.29) is 17.1 Å². The van der Waals surface area contributed by atoms with Crippen molar-refractivity contribution in [3.8, 4) is 11.5 Å². The molecule has 0 bridgehead atoms. The number of carbonyl (C=O) groups is 1. The van der Waals surface area contributed by atoms with E-state index in [0.717, 1.165) is 28.7 Å². The maximum absolute atomic E-state index is 14.0. The molecule has 1 aliphatic heterocycles. The van der Waals surface area contributed by atoms with Gasteiger partial charge < -0.3 is 18.8 Å². The van der Waals surface area contributed by atoms with Gasteiger partial charge in [0.05, 0.1) is 30.7 Å². The summed E-state index contributed by atoms with van der Waals surface area (Å²) in [7, 11) is 1.59. The number of aryl methyl sites for hydroxylation is 2. The summed E-state index contributed by atoms with van der Waals surface area (Å²) in [5, 5.41) is 0.509. The highest BCUT2D eigenvalue weighted by Gasteiger charge is 2.43. The molecule has 6 nitrogen and oxygen atoms in total. The zero-order valence-corrected chi connectivity index (χ0v) is 22.5. The van der Waals surface area contributed by atoms with Gasteiger partial charge in [0.2, 0.25) is 5.76 Å². The van der Waals surface area contributed by atoms with Crippen LogP contribution < -0.4 is 14.9 Å². The van der Waals surface area contributed by atoms with Gasteiger partial charge in [-0.15, -0.1) is 0 Å². The average Bonchev–Trinajstić information content (AvgIpc) is 3.15. The summed E-state index contributed by atoms with van der Waals surface area (Å²) >= 11 is 0. The van der Waals surface area contributed by atoms with Crippen molar-refractivity contribution >= 4 is 16.9 Å².